The van der Waals surface area contributed by atoms with Crippen molar-refractivity contribution in [2.45, 2.75) is 40.0 Å². The Morgan fingerprint density at radius 2 is 1.86 bits per heavy atom. The van der Waals surface area contributed by atoms with Gasteiger partial charge in [0.05, 0.1) is 0 Å². The Kier molecular flexibility index (Phi) is 7.38. The van der Waals surface area contributed by atoms with Gasteiger partial charge in [0.2, 0.25) is 5.91 Å². The molecular formula is C10H20N2OS. The summed E-state index contributed by atoms with van der Waals surface area (Å²) < 4.78 is 0. The van der Waals surface area contributed by atoms with Crippen molar-refractivity contribution in [3.8, 4) is 0 Å². The molecule has 0 atom stereocenters. The molecule has 0 aliphatic rings. The van der Waals surface area contributed by atoms with Crippen LogP contribution in [0.25, 0.3) is 0 Å². The highest BCUT2D eigenvalue weighted by atomic mass is 32.1. The van der Waals surface area contributed by atoms with Crippen molar-refractivity contribution in [2.24, 2.45) is 0 Å². The van der Waals surface area contributed by atoms with Crippen LogP contribution in [-0.2, 0) is 4.79 Å². The Balaban J connectivity index is 3.86. The third-order valence-electron chi connectivity index (χ3n) is 2.05. The third kappa shape index (κ3) is 5.17. The lowest BCUT2D eigenvalue weighted by Crippen LogP contribution is -2.42. The van der Waals surface area contributed by atoms with Gasteiger partial charge in [-0.2, -0.15) is 0 Å². The summed E-state index contributed by atoms with van der Waals surface area (Å²) in [5.74, 6) is 0.0313. The van der Waals surface area contributed by atoms with E-state index in [0.29, 0.717) is 11.5 Å². The van der Waals surface area contributed by atoms with Crippen LogP contribution in [0.5, 0.6) is 0 Å². The lowest BCUT2D eigenvalue weighted by Gasteiger charge is -2.21. The maximum atomic E-state index is 11.3. The predicted molar refractivity (Wildman–Crippen MR) is 63.2 cm³/mol. The second-order valence-corrected chi connectivity index (χ2v) is 3.52. The van der Waals surface area contributed by atoms with Gasteiger partial charge in [0.1, 0.15) is 0 Å². The van der Waals surface area contributed by atoms with Crippen molar-refractivity contribution in [2.75, 3.05) is 13.1 Å². The number of carbonyl (C=O) groups excluding carboxylic acids is 1. The first-order chi connectivity index (χ1) is 6.65. The highest BCUT2D eigenvalue weighted by Gasteiger charge is 2.08. The molecule has 0 aromatic carbocycles. The molecule has 0 saturated carbocycles. The average Bonchev–Trinajstić information content (AvgIpc) is 2.16. The molecule has 0 unspecified atom stereocenters. The maximum Gasteiger partial charge on any atom is 0.226 e. The number of hydrogen-bond acceptors (Lipinski definition) is 2. The number of unbranched alkanes of at least 4 members (excludes halogenated alkanes) is 1. The fraction of sp³-hybridized carbons (Fsp3) is 0.800. The zero-order chi connectivity index (χ0) is 11.0. The fourth-order valence-corrected chi connectivity index (χ4v) is 1.48. The number of carbonyl (C=O) groups is 1. The normalized spacial score (nSPS) is 9.64. The number of nitrogens with zero attached hydrogens (tertiary/aromatic N) is 1. The molecule has 0 fully saturated rings. The predicted octanol–water partition coefficient (Wildman–Crippen LogP) is 1.92. The molecule has 0 radical (unpaired) electrons. The van der Waals surface area contributed by atoms with Gasteiger partial charge in [-0.15, -0.1) is 0 Å². The van der Waals surface area contributed by atoms with Crippen LogP contribution in [0, 0.1) is 0 Å². The molecule has 0 aliphatic carbocycles. The summed E-state index contributed by atoms with van der Waals surface area (Å²) in [7, 11) is 0. The summed E-state index contributed by atoms with van der Waals surface area (Å²) in [6.07, 6.45) is 2.52. The van der Waals surface area contributed by atoms with Crippen LogP contribution in [0.3, 0.4) is 0 Å². The van der Waals surface area contributed by atoms with Crippen LogP contribution in [0.4, 0.5) is 0 Å². The van der Waals surface area contributed by atoms with Gasteiger partial charge in [0.15, 0.2) is 5.11 Å². The fourth-order valence-electron chi connectivity index (χ4n) is 1.11. The first kappa shape index (κ1) is 13.4. The summed E-state index contributed by atoms with van der Waals surface area (Å²) in [6.45, 7) is 7.78. The summed E-state index contributed by atoms with van der Waals surface area (Å²) >= 11 is 5.09. The van der Waals surface area contributed by atoms with Crippen molar-refractivity contribution in [1.82, 2.24) is 10.2 Å². The molecule has 1 N–H and O–H groups in total. The lowest BCUT2D eigenvalue weighted by molar-refractivity contribution is -0.119. The van der Waals surface area contributed by atoms with Gasteiger partial charge in [0, 0.05) is 19.5 Å². The van der Waals surface area contributed by atoms with E-state index in [-0.39, 0.29) is 5.91 Å². The van der Waals surface area contributed by atoms with Gasteiger partial charge in [-0.05, 0) is 32.5 Å². The maximum absolute atomic E-state index is 11.3. The van der Waals surface area contributed by atoms with Crippen molar-refractivity contribution in [3.05, 3.63) is 0 Å². The van der Waals surface area contributed by atoms with Crippen molar-refractivity contribution in [1.29, 1.82) is 0 Å². The highest BCUT2D eigenvalue weighted by Crippen LogP contribution is 1.95. The Hall–Kier alpha value is -0.640. The smallest absolute Gasteiger partial charge is 0.226 e. The molecular weight excluding hydrogens is 196 g/mol. The number of nitrogens with one attached hydrogen (secondary N) is 1. The second kappa shape index (κ2) is 7.74. The summed E-state index contributed by atoms with van der Waals surface area (Å²) in [5.41, 5.74) is 0. The quantitative estimate of drug-likeness (QED) is 0.713. The minimum Gasteiger partial charge on any atom is -0.350 e. The Labute approximate surface area is 91.9 Å². The molecule has 1 amide bonds. The Morgan fingerprint density at radius 1 is 1.29 bits per heavy atom. The van der Waals surface area contributed by atoms with E-state index in [1.165, 1.54) is 0 Å². The number of rotatable bonds is 5. The minimum atomic E-state index is 0.0313. The molecule has 0 aromatic heterocycles. The largest absolute Gasteiger partial charge is 0.350 e. The molecule has 0 heterocycles. The Morgan fingerprint density at radius 3 is 2.29 bits per heavy atom. The first-order valence-electron chi connectivity index (χ1n) is 5.24. The molecule has 0 saturated heterocycles. The van der Waals surface area contributed by atoms with Gasteiger partial charge >= 0.3 is 0 Å². The first-order valence-corrected chi connectivity index (χ1v) is 5.65. The zero-order valence-electron chi connectivity index (χ0n) is 9.30. The zero-order valence-corrected chi connectivity index (χ0v) is 10.1. The van der Waals surface area contributed by atoms with Crippen molar-refractivity contribution in [3.63, 3.8) is 0 Å². The number of thiocarbonyl (C=S) groups is 1. The molecule has 0 aromatic rings. The number of hydrogen-bond donors (Lipinski definition) is 1. The summed E-state index contributed by atoms with van der Waals surface area (Å²) in [6, 6.07) is 0. The van der Waals surface area contributed by atoms with E-state index in [0.717, 1.165) is 25.9 Å². The molecule has 14 heavy (non-hydrogen) atoms. The minimum absolute atomic E-state index is 0.0313. The van der Waals surface area contributed by atoms with Crippen LogP contribution >= 0.6 is 12.2 Å². The van der Waals surface area contributed by atoms with E-state index in [9.17, 15) is 4.79 Å². The number of amides is 1. The third-order valence-corrected chi connectivity index (χ3v) is 2.41. The molecule has 3 nitrogen and oxygen atoms in total. The van der Waals surface area contributed by atoms with E-state index >= 15 is 0 Å². The van der Waals surface area contributed by atoms with Gasteiger partial charge in [-0.1, -0.05) is 13.3 Å². The van der Waals surface area contributed by atoms with E-state index in [1.54, 1.807) is 0 Å². The molecule has 0 bridgehead atoms. The van der Waals surface area contributed by atoms with Crippen LogP contribution in [0.2, 0.25) is 0 Å². The van der Waals surface area contributed by atoms with E-state index in [1.807, 2.05) is 18.7 Å². The summed E-state index contributed by atoms with van der Waals surface area (Å²) in [5, 5.41) is 3.29. The van der Waals surface area contributed by atoms with Crippen molar-refractivity contribution < 1.29 is 4.79 Å². The standard InChI is InChI=1S/C10H20N2OS/c1-4-7-8-9(13)11-10(14)12(5-2)6-3/h4-8H2,1-3H3,(H,11,13,14). The SMILES string of the molecule is CCCCC(=O)NC(=S)N(CC)CC. The van der Waals surface area contributed by atoms with Crippen LogP contribution < -0.4 is 5.32 Å². The van der Waals surface area contributed by atoms with Gasteiger partial charge in [-0.3, -0.25) is 4.79 Å². The van der Waals surface area contributed by atoms with E-state index < -0.39 is 0 Å². The highest BCUT2D eigenvalue weighted by molar-refractivity contribution is 7.80. The molecule has 0 spiro atoms. The lowest BCUT2D eigenvalue weighted by atomic mass is 10.2. The summed E-state index contributed by atoms with van der Waals surface area (Å²) in [4.78, 5) is 13.3. The van der Waals surface area contributed by atoms with Gasteiger partial charge in [-0.25, -0.2) is 0 Å². The molecule has 0 aliphatic heterocycles. The van der Waals surface area contributed by atoms with Crippen molar-refractivity contribution >= 4 is 23.2 Å². The topological polar surface area (TPSA) is 32.3 Å². The van der Waals surface area contributed by atoms with Gasteiger partial charge < -0.3 is 10.2 Å². The van der Waals surface area contributed by atoms with E-state index in [2.05, 4.69) is 12.2 Å². The van der Waals surface area contributed by atoms with Crippen LogP contribution in [-0.4, -0.2) is 29.0 Å². The molecule has 4 heteroatoms. The van der Waals surface area contributed by atoms with E-state index in [4.69, 9.17) is 12.2 Å². The molecule has 82 valence electrons. The van der Waals surface area contributed by atoms with Gasteiger partial charge in [0.25, 0.3) is 0 Å². The Bertz CT molecular complexity index is 191. The van der Waals surface area contributed by atoms with Crippen LogP contribution in [0.1, 0.15) is 40.0 Å². The van der Waals surface area contributed by atoms with Crippen LogP contribution in [0.15, 0.2) is 0 Å². The monoisotopic (exact) mass is 216 g/mol. The molecule has 0 rings (SSSR count). The second-order valence-electron chi connectivity index (χ2n) is 3.13. The average molecular weight is 216 g/mol.